The van der Waals surface area contributed by atoms with Crippen LogP contribution in [-0.4, -0.2) is 34.0 Å². The molecular formula is C22H18N8O3. The molecule has 33 heavy (non-hydrogen) atoms. The molecule has 0 aliphatic rings. The molecule has 11 nitrogen and oxygen atoms in total. The highest BCUT2D eigenvalue weighted by atomic mass is 16.6. The number of aryl methyl sites for hydroxylation is 1. The molecule has 0 bridgehead atoms. The zero-order valence-electron chi connectivity index (χ0n) is 17.5. The molecular weight excluding hydrogens is 424 g/mol. The van der Waals surface area contributed by atoms with Gasteiger partial charge in [-0.3, -0.25) is 19.6 Å². The first-order valence-electron chi connectivity index (χ1n) is 9.99. The maximum Gasteiger partial charge on any atom is 0.278 e. The van der Waals surface area contributed by atoms with Gasteiger partial charge in [0.2, 0.25) is 5.95 Å². The fourth-order valence-electron chi connectivity index (χ4n) is 3.75. The third-order valence-electron chi connectivity index (χ3n) is 5.27. The van der Waals surface area contributed by atoms with Gasteiger partial charge in [0, 0.05) is 36.5 Å². The lowest BCUT2D eigenvalue weighted by Crippen LogP contribution is -2.21. The second-order valence-electron chi connectivity index (χ2n) is 7.36. The van der Waals surface area contributed by atoms with Crippen molar-refractivity contribution in [1.29, 1.82) is 0 Å². The quantitative estimate of drug-likeness (QED) is 0.243. The average Bonchev–Trinajstić information content (AvgIpc) is 3.31. The number of benzene rings is 2. The van der Waals surface area contributed by atoms with Crippen LogP contribution in [0.4, 0.5) is 17.3 Å². The van der Waals surface area contributed by atoms with Crippen molar-refractivity contribution in [3.63, 3.8) is 0 Å². The average molecular weight is 442 g/mol. The minimum absolute atomic E-state index is 0.0934. The predicted octanol–water partition coefficient (Wildman–Crippen LogP) is 3.31. The number of rotatable bonds is 6. The van der Waals surface area contributed by atoms with Crippen molar-refractivity contribution in [2.45, 2.75) is 6.54 Å². The fraction of sp³-hybridized carbons (Fsp3) is 0.0909. The summed E-state index contributed by atoms with van der Waals surface area (Å²) in [5.74, 6) is 0.278. The molecule has 0 saturated heterocycles. The number of nitro groups is 1. The molecule has 0 aliphatic carbocycles. The zero-order valence-corrected chi connectivity index (χ0v) is 17.5. The third-order valence-corrected chi connectivity index (χ3v) is 5.27. The molecule has 0 fully saturated rings. The van der Waals surface area contributed by atoms with E-state index in [1.165, 1.54) is 23.0 Å². The number of nitro benzene ring substituents is 1. The van der Waals surface area contributed by atoms with Crippen LogP contribution in [-0.2, 0) is 13.6 Å². The molecule has 5 aromatic rings. The van der Waals surface area contributed by atoms with E-state index in [9.17, 15) is 14.9 Å². The van der Waals surface area contributed by atoms with E-state index in [0.29, 0.717) is 11.3 Å². The molecule has 3 aromatic heterocycles. The minimum Gasteiger partial charge on any atom is -0.324 e. The highest BCUT2D eigenvalue weighted by molar-refractivity contribution is 5.83. The van der Waals surface area contributed by atoms with E-state index in [1.807, 2.05) is 25.2 Å². The van der Waals surface area contributed by atoms with Crippen LogP contribution in [0.15, 0.2) is 72.3 Å². The van der Waals surface area contributed by atoms with Gasteiger partial charge < -0.3 is 5.32 Å². The van der Waals surface area contributed by atoms with Gasteiger partial charge in [0.05, 0.1) is 28.9 Å². The van der Waals surface area contributed by atoms with Crippen LogP contribution in [0.1, 0.15) is 0 Å². The molecule has 0 radical (unpaired) electrons. The standard InChI is InChI=1S/C22H18N8O3/c1-3-9-28-21(31)18-13-23-22(25-15-7-8-19-14(10-15)12-24-27(19)2)26-20(18)29(28)16-5-4-6-17(11-16)30(32)33/h3-8,10-13H,1,9H2,2H3,(H,23,25,26). The van der Waals surface area contributed by atoms with Crippen LogP contribution in [0, 0.1) is 10.1 Å². The summed E-state index contributed by atoms with van der Waals surface area (Å²) in [5, 5.41) is 19.9. The second-order valence-corrected chi connectivity index (χ2v) is 7.36. The van der Waals surface area contributed by atoms with Gasteiger partial charge >= 0.3 is 0 Å². The number of non-ortho nitro benzene ring substituents is 1. The van der Waals surface area contributed by atoms with Crippen LogP contribution in [0.5, 0.6) is 0 Å². The monoisotopic (exact) mass is 442 g/mol. The summed E-state index contributed by atoms with van der Waals surface area (Å²) in [6.07, 6.45) is 4.78. The number of nitrogens with zero attached hydrogens (tertiary/aromatic N) is 7. The molecule has 1 N–H and O–H groups in total. The van der Waals surface area contributed by atoms with Crippen LogP contribution in [0.2, 0.25) is 0 Å². The van der Waals surface area contributed by atoms with Crippen molar-refractivity contribution in [2.75, 3.05) is 5.32 Å². The summed E-state index contributed by atoms with van der Waals surface area (Å²) in [7, 11) is 1.87. The molecule has 0 amide bonds. The molecule has 5 rings (SSSR count). The first kappa shape index (κ1) is 20.1. The lowest BCUT2D eigenvalue weighted by atomic mass is 10.2. The van der Waals surface area contributed by atoms with E-state index >= 15 is 0 Å². The molecule has 2 aromatic carbocycles. The van der Waals surface area contributed by atoms with Gasteiger partial charge in [-0.25, -0.2) is 14.3 Å². The van der Waals surface area contributed by atoms with Crippen molar-refractivity contribution in [3.05, 3.63) is 88.0 Å². The van der Waals surface area contributed by atoms with E-state index < -0.39 is 4.92 Å². The van der Waals surface area contributed by atoms with Crippen LogP contribution in [0.3, 0.4) is 0 Å². The van der Waals surface area contributed by atoms with E-state index in [-0.39, 0.29) is 29.1 Å². The SMILES string of the molecule is C=CCn1c(=O)c2cnc(Nc3ccc4c(cnn4C)c3)nc2n1-c1cccc([N+](=O)[O-])c1. The molecule has 0 unspecified atom stereocenters. The number of allylic oxidation sites excluding steroid dienone is 1. The molecule has 0 atom stereocenters. The Hall–Kier alpha value is -4.80. The molecule has 0 saturated carbocycles. The summed E-state index contributed by atoms with van der Waals surface area (Å²) in [6, 6.07) is 11.8. The smallest absolute Gasteiger partial charge is 0.278 e. The minimum atomic E-state index is -0.484. The lowest BCUT2D eigenvalue weighted by Gasteiger charge is -2.11. The number of aromatic nitrogens is 6. The van der Waals surface area contributed by atoms with Gasteiger partial charge in [-0.15, -0.1) is 6.58 Å². The van der Waals surface area contributed by atoms with Gasteiger partial charge in [0.15, 0.2) is 5.65 Å². The van der Waals surface area contributed by atoms with Crippen molar-refractivity contribution in [2.24, 2.45) is 7.05 Å². The largest absolute Gasteiger partial charge is 0.324 e. The number of hydrogen-bond acceptors (Lipinski definition) is 7. The summed E-state index contributed by atoms with van der Waals surface area (Å²) < 4.78 is 4.74. The lowest BCUT2D eigenvalue weighted by molar-refractivity contribution is -0.384. The Morgan fingerprint density at radius 1 is 1.21 bits per heavy atom. The Labute approximate surface area is 186 Å². The Morgan fingerprint density at radius 3 is 2.85 bits per heavy atom. The number of fused-ring (bicyclic) bond motifs is 2. The molecule has 0 spiro atoms. The highest BCUT2D eigenvalue weighted by Gasteiger charge is 2.18. The van der Waals surface area contributed by atoms with Crippen LogP contribution < -0.4 is 10.9 Å². The van der Waals surface area contributed by atoms with Crippen molar-refractivity contribution in [1.82, 2.24) is 29.1 Å². The predicted molar refractivity (Wildman–Crippen MR) is 124 cm³/mol. The molecule has 3 heterocycles. The Kier molecular flexibility index (Phi) is 4.70. The summed E-state index contributed by atoms with van der Waals surface area (Å²) >= 11 is 0. The second kappa shape index (κ2) is 7.71. The van der Waals surface area contributed by atoms with Crippen molar-refractivity contribution < 1.29 is 4.92 Å². The first-order valence-corrected chi connectivity index (χ1v) is 9.99. The van der Waals surface area contributed by atoms with Gasteiger partial charge in [-0.05, 0) is 24.3 Å². The van der Waals surface area contributed by atoms with E-state index in [1.54, 1.807) is 33.8 Å². The number of anilines is 2. The van der Waals surface area contributed by atoms with Crippen molar-refractivity contribution >= 4 is 39.3 Å². The third kappa shape index (κ3) is 3.41. The van der Waals surface area contributed by atoms with Gasteiger partial charge in [0.25, 0.3) is 11.2 Å². The van der Waals surface area contributed by atoms with E-state index in [2.05, 4.69) is 27.0 Å². The Bertz CT molecular complexity index is 1610. The maximum atomic E-state index is 13.0. The topological polar surface area (TPSA) is 126 Å². The summed E-state index contributed by atoms with van der Waals surface area (Å²) in [5.41, 5.74) is 2.08. The Morgan fingerprint density at radius 2 is 2.06 bits per heavy atom. The maximum absolute atomic E-state index is 13.0. The molecule has 0 aliphatic heterocycles. The number of nitrogens with one attached hydrogen (secondary N) is 1. The van der Waals surface area contributed by atoms with Gasteiger partial charge in [0.1, 0.15) is 5.39 Å². The Balaban J connectivity index is 1.65. The van der Waals surface area contributed by atoms with Gasteiger partial charge in [-0.1, -0.05) is 12.1 Å². The highest BCUT2D eigenvalue weighted by Crippen LogP contribution is 2.23. The van der Waals surface area contributed by atoms with Crippen LogP contribution >= 0.6 is 0 Å². The fourth-order valence-corrected chi connectivity index (χ4v) is 3.75. The van der Waals surface area contributed by atoms with E-state index in [0.717, 1.165) is 16.6 Å². The molecule has 11 heteroatoms. The van der Waals surface area contributed by atoms with Gasteiger partial charge in [-0.2, -0.15) is 10.1 Å². The van der Waals surface area contributed by atoms with Crippen molar-refractivity contribution in [3.8, 4) is 5.69 Å². The normalized spacial score (nSPS) is 11.2. The first-order chi connectivity index (χ1) is 16.0. The summed E-state index contributed by atoms with van der Waals surface area (Å²) in [6.45, 7) is 3.90. The molecule has 164 valence electrons. The van der Waals surface area contributed by atoms with Crippen LogP contribution in [0.25, 0.3) is 27.6 Å². The zero-order chi connectivity index (χ0) is 23.1. The van der Waals surface area contributed by atoms with E-state index in [4.69, 9.17) is 0 Å². The summed E-state index contributed by atoms with van der Waals surface area (Å²) in [4.78, 5) is 32.7. The number of hydrogen-bond donors (Lipinski definition) is 1.